The Bertz CT molecular complexity index is 850. The number of aliphatic imine (C=N–C) groups is 1. The molecular formula is C18H19F3N4O4. The lowest BCUT2D eigenvalue weighted by Gasteiger charge is -2.33. The van der Waals surface area contributed by atoms with E-state index in [1.807, 2.05) is 0 Å². The number of benzene rings is 1. The molecule has 0 spiro atoms. The third-order valence-corrected chi connectivity index (χ3v) is 4.33. The van der Waals surface area contributed by atoms with E-state index in [2.05, 4.69) is 20.4 Å². The van der Waals surface area contributed by atoms with E-state index in [4.69, 9.17) is 0 Å². The SMILES string of the molecule is CC(O)C(NC(=O)N1CC(=O)NC2=C1N=CCC2)c1ccc(OC(F)(F)F)cc1. The number of allylic oxidation sites excluding steroid dienone is 1. The number of ether oxygens (including phenoxy) is 1. The molecule has 2 aliphatic heterocycles. The summed E-state index contributed by atoms with van der Waals surface area (Å²) in [7, 11) is 0. The number of alkyl halides is 3. The van der Waals surface area contributed by atoms with Gasteiger partial charge in [-0.3, -0.25) is 9.69 Å². The molecule has 0 bridgehead atoms. The second-order valence-corrected chi connectivity index (χ2v) is 6.57. The lowest BCUT2D eigenvalue weighted by molar-refractivity contribution is -0.274. The van der Waals surface area contributed by atoms with Crippen molar-refractivity contribution >= 4 is 18.2 Å². The van der Waals surface area contributed by atoms with Crippen molar-refractivity contribution in [3.8, 4) is 5.75 Å². The minimum absolute atomic E-state index is 0.243. The van der Waals surface area contributed by atoms with E-state index < -0.39 is 30.3 Å². The van der Waals surface area contributed by atoms with Gasteiger partial charge in [-0.05, 0) is 37.5 Å². The van der Waals surface area contributed by atoms with Gasteiger partial charge < -0.3 is 20.5 Å². The Hall–Kier alpha value is -3.08. The van der Waals surface area contributed by atoms with E-state index >= 15 is 0 Å². The molecule has 11 heteroatoms. The third-order valence-electron chi connectivity index (χ3n) is 4.33. The summed E-state index contributed by atoms with van der Waals surface area (Å²) in [5, 5.41) is 15.4. The molecule has 3 N–H and O–H groups in total. The second-order valence-electron chi connectivity index (χ2n) is 6.57. The van der Waals surface area contributed by atoms with Crippen LogP contribution in [-0.2, 0) is 4.79 Å². The van der Waals surface area contributed by atoms with E-state index in [9.17, 15) is 27.9 Å². The van der Waals surface area contributed by atoms with Gasteiger partial charge in [0.1, 0.15) is 12.3 Å². The molecule has 29 heavy (non-hydrogen) atoms. The highest BCUT2D eigenvalue weighted by Gasteiger charge is 2.33. The zero-order valence-corrected chi connectivity index (χ0v) is 15.4. The highest BCUT2D eigenvalue weighted by molar-refractivity contribution is 5.89. The van der Waals surface area contributed by atoms with Crippen LogP contribution >= 0.6 is 0 Å². The Labute approximate surface area is 164 Å². The van der Waals surface area contributed by atoms with Gasteiger partial charge in [0.25, 0.3) is 0 Å². The fourth-order valence-electron chi connectivity index (χ4n) is 3.07. The first-order valence-corrected chi connectivity index (χ1v) is 8.81. The third kappa shape index (κ3) is 5.05. The summed E-state index contributed by atoms with van der Waals surface area (Å²) in [6.07, 6.45) is -3.07. The number of amides is 3. The summed E-state index contributed by atoms with van der Waals surface area (Å²) in [5.74, 6) is -0.458. The van der Waals surface area contributed by atoms with Crippen LogP contribution < -0.4 is 15.4 Å². The second kappa shape index (κ2) is 8.11. The monoisotopic (exact) mass is 412 g/mol. The summed E-state index contributed by atoms with van der Waals surface area (Å²) in [4.78, 5) is 30.0. The normalized spacial score (nSPS) is 18.7. The molecule has 8 nitrogen and oxygen atoms in total. The number of urea groups is 1. The fourth-order valence-corrected chi connectivity index (χ4v) is 3.07. The van der Waals surface area contributed by atoms with Crippen molar-refractivity contribution in [1.29, 1.82) is 0 Å². The highest BCUT2D eigenvalue weighted by atomic mass is 19.4. The molecule has 0 saturated heterocycles. The predicted molar refractivity (Wildman–Crippen MR) is 95.7 cm³/mol. The van der Waals surface area contributed by atoms with Crippen LogP contribution in [0.1, 0.15) is 31.4 Å². The molecule has 0 radical (unpaired) electrons. The zero-order valence-electron chi connectivity index (χ0n) is 15.4. The summed E-state index contributed by atoms with van der Waals surface area (Å²) >= 11 is 0. The molecular weight excluding hydrogens is 393 g/mol. The Morgan fingerprint density at radius 1 is 1.34 bits per heavy atom. The maximum absolute atomic E-state index is 12.8. The van der Waals surface area contributed by atoms with Crippen LogP contribution in [0.3, 0.4) is 0 Å². The zero-order chi connectivity index (χ0) is 21.2. The largest absolute Gasteiger partial charge is 0.573 e. The van der Waals surface area contributed by atoms with Gasteiger partial charge in [0.15, 0.2) is 5.82 Å². The fraction of sp³-hybridized carbons (Fsp3) is 0.389. The Morgan fingerprint density at radius 3 is 2.66 bits per heavy atom. The maximum Gasteiger partial charge on any atom is 0.573 e. The molecule has 1 aromatic carbocycles. The summed E-state index contributed by atoms with van der Waals surface area (Å²) in [6, 6.07) is 3.21. The number of aliphatic hydroxyl groups excluding tert-OH is 1. The number of carbonyl (C=O) groups is 2. The number of aliphatic hydroxyl groups is 1. The summed E-state index contributed by atoms with van der Waals surface area (Å²) in [6.45, 7) is 1.18. The number of rotatable bonds is 4. The van der Waals surface area contributed by atoms with Gasteiger partial charge in [-0.1, -0.05) is 12.1 Å². The number of hydrogen-bond acceptors (Lipinski definition) is 5. The van der Waals surface area contributed by atoms with Crippen molar-refractivity contribution in [3.63, 3.8) is 0 Å². The molecule has 2 atom stereocenters. The van der Waals surface area contributed by atoms with Crippen LogP contribution in [0.4, 0.5) is 18.0 Å². The van der Waals surface area contributed by atoms with Crippen molar-refractivity contribution in [2.75, 3.05) is 6.54 Å². The smallest absolute Gasteiger partial charge is 0.406 e. The van der Waals surface area contributed by atoms with Gasteiger partial charge in [0.05, 0.1) is 17.8 Å². The van der Waals surface area contributed by atoms with E-state index in [0.717, 1.165) is 12.1 Å². The van der Waals surface area contributed by atoms with E-state index in [1.165, 1.54) is 24.0 Å². The first kappa shape index (κ1) is 20.6. The quantitative estimate of drug-likeness (QED) is 0.705. The van der Waals surface area contributed by atoms with Crippen molar-refractivity contribution in [3.05, 3.63) is 41.3 Å². The molecule has 0 aliphatic carbocycles. The first-order valence-electron chi connectivity index (χ1n) is 8.81. The molecule has 2 heterocycles. The molecule has 3 rings (SSSR count). The number of nitrogens with one attached hydrogen (secondary N) is 2. The number of hydrogen-bond donors (Lipinski definition) is 3. The molecule has 3 amide bonds. The van der Waals surface area contributed by atoms with Crippen molar-refractivity contribution in [2.24, 2.45) is 4.99 Å². The van der Waals surface area contributed by atoms with Crippen molar-refractivity contribution < 1.29 is 32.6 Å². The van der Waals surface area contributed by atoms with Crippen LogP contribution in [0.25, 0.3) is 0 Å². The average Bonchev–Trinajstić information content (AvgIpc) is 2.64. The van der Waals surface area contributed by atoms with Gasteiger partial charge in [-0.15, -0.1) is 13.2 Å². The van der Waals surface area contributed by atoms with E-state index in [0.29, 0.717) is 29.9 Å². The Balaban J connectivity index is 1.77. The molecule has 2 unspecified atom stereocenters. The van der Waals surface area contributed by atoms with Crippen molar-refractivity contribution in [2.45, 2.75) is 38.3 Å². The minimum atomic E-state index is -4.82. The Kier molecular flexibility index (Phi) is 5.78. The molecule has 0 aromatic heterocycles. The Morgan fingerprint density at radius 2 is 2.03 bits per heavy atom. The van der Waals surface area contributed by atoms with E-state index in [-0.39, 0.29) is 12.5 Å². The van der Waals surface area contributed by atoms with Gasteiger partial charge in [-0.2, -0.15) is 0 Å². The predicted octanol–water partition coefficient (Wildman–Crippen LogP) is 2.18. The topological polar surface area (TPSA) is 103 Å². The minimum Gasteiger partial charge on any atom is -0.406 e. The molecule has 2 aliphatic rings. The van der Waals surface area contributed by atoms with Crippen LogP contribution in [0, 0.1) is 0 Å². The molecule has 156 valence electrons. The standard InChI is InChI=1S/C18H19F3N4O4/c1-10(26)15(11-4-6-12(7-5-11)29-18(19,20)21)24-17(28)25-9-14(27)23-13-3-2-8-22-16(13)25/h4-8,10,15,26H,2-3,9H2,1H3,(H,23,27)(H,24,28). The van der Waals surface area contributed by atoms with Crippen LogP contribution in [0.5, 0.6) is 5.75 Å². The van der Waals surface area contributed by atoms with Gasteiger partial charge >= 0.3 is 12.4 Å². The maximum atomic E-state index is 12.8. The number of carbonyl (C=O) groups excluding carboxylic acids is 2. The highest BCUT2D eigenvalue weighted by Crippen LogP contribution is 2.27. The molecule has 1 aromatic rings. The van der Waals surface area contributed by atoms with Crippen LogP contribution in [0.15, 0.2) is 40.8 Å². The molecule has 0 saturated carbocycles. The summed E-state index contributed by atoms with van der Waals surface area (Å²) in [5.41, 5.74) is 0.909. The lowest BCUT2D eigenvalue weighted by atomic mass is 10.0. The first-order chi connectivity index (χ1) is 13.6. The lowest BCUT2D eigenvalue weighted by Crippen LogP contribution is -2.51. The molecule has 0 fully saturated rings. The van der Waals surface area contributed by atoms with E-state index in [1.54, 1.807) is 6.21 Å². The number of nitrogens with zero attached hydrogens (tertiary/aromatic N) is 2. The van der Waals surface area contributed by atoms with Crippen LogP contribution in [0.2, 0.25) is 0 Å². The average molecular weight is 412 g/mol. The number of halogens is 3. The van der Waals surface area contributed by atoms with Crippen molar-refractivity contribution in [1.82, 2.24) is 15.5 Å². The van der Waals surface area contributed by atoms with Gasteiger partial charge in [-0.25, -0.2) is 9.79 Å². The summed E-state index contributed by atoms with van der Waals surface area (Å²) < 4.78 is 40.7. The van der Waals surface area contributed by atoms with Gasteiger partial charge in [0, 0.05) is 6.21 Å². The van der Waals surface area contributed by atoms with Crippen LogP contribution in [-0.4, -0.2) is 47.2 Å². The van der Waals surface area contributed by atoms with Gasteiger partial charge in [0.2, 0.25) is 5.91 Å².